The zero-order valence-corrected chi connectivity index (χ0v) is 14.5. The van der Waals surface area contributed by atoms with Gasteiger partial charge in [0.1, 0.15) is 36.2 Å². The van der Waals surface area contributed by atoms with Gasteiger partial charge in [-0.3, -0.25) is 4.57 Å². The number of hydrogen-bond acceptors (Lipinski definition) is 9. The van der Waals surface area contributed by atoms with Crippen molar-refractivity contribution in [1.82, 2.24) is 19.5 Å². The van der Waals surface area contributed by atoms with E-state index in [2.05, 4.69) is 20.3 Å². The van der Waals surface area contributed by atoms with Crippen LogP contribution in [0.3, 0.4) is 0 Å². The molecule has 1 saturated heterocycles. The van der Waals surface area contributed by atoms with E-state index in [0.29, 0.717) is 22.5 Å². The van der Waals surface area contributed by atoms with Gasteiger partial charge in [0.2, 0.25) is 0 Å². The number of phenolic OH excluding ortho intramolecular Hbond substituents is 1. The number of aliphatic hydroxyl groups is 3. The molecule has 0 radical (unpaired) electrons. The molecule has 4 atom stereocenters. The van der Waals surface area contributed by atoms with Crippen LogP contribution in [0.5, 0.6) is 5.75 Å². The van der Waals surface area contributed by atoms with E-state index in [1.807, 2.05) is 0 Å². The predicted molar refractivity (Wildman–Crippen MR) is 93.7 cm³/mol. The molecule has 1 aliphatic heterocycles. The number of nitrogens with one attached hydrogen (secondary N) is 1. The first-order valence-corrected chi connectivity index (χ1v) is 8.51. The molecule has 0 bridgehead atoms. The van der Waals surface area contributed by atoms with Gasteiger partial charge < -0.3 is 30.5 Å². The SMILES string of the molecule is OC[C@H]1OC(n2cnc3c(NCc4ccc(O)cc4F)ncnc32)[C@H](O)[C@@H]1O. The normalized spacial score (nSPS) is 24.7. The molecular weight excluding hydrogens is 373 g/mol. The number of phenols is 1. The molecule has 5 N–H and O–H groups in total. The summed E-state index contributed by atoms with van der Waals surface area (Å²) in [5.41, 5.74) is 1.02. The third-order valence-electron chi connectivity index (χ3n) is 4.63. The van der Waals surface area contributed by atoms with E-state index in [1.165, 1.54) is 29.4 Å². The van der Waals surface area contributed by atoms with Crippen LogP contribution in [-0.2, 0) is 11.3 Å². The fourth-order valence-corrected chi connectivity index (χ4v) is 3.14. The molecule has 0 amide bonds. The lowest BCUT2D eigenvalue weighted by Gasteiger charge is -2.16. The molecule has 0 spiro atoms. The van der Waals surface area contributed by atoms with Crippen LogP contribution in [0.4, 0.5) is 10.2 Å². The van der Waals surface area contributed by atoms with E-state index < -0.39 is 37.0 Å². The molecule has 1 fully saturated rings. The Morgan fingerprint density at radius 2 is 2.00 bits per heavy atom. The summed E-state index contributed by atoms with van der Waals surface area (Å²) < 4.78 is 20.8. The average molecular weight is 391 g/mol. The lowest BCUT2D eigenvalue weighted by Crippen LogP contribution is -2.33. The van der Waals surface area contributed by atoms with Crippen LogP contribution in [0.15, 0.2) is 30.9 Å². The van der Waals surface area contributed by atoms with Crippen LogP contribution in [0, 0.1) is 5.82 Å². The molecule has 11 heteroatoms. The van der Waals surface area contributed by atoms with Gasteiger partial charge in [0, 0.05) is 18.2 Å². The Bertz CT molecular complexity index is 999. The molecule has 3 aromatic rings. The van der Waals surface area contributed by atoms with Gasteiger partial charge >= 0.3 is 0 Å². The lowest BCUT2D eigenvalue weighted by molar-refractivity contribution is -0.0511. The summed E-state index contributed by atoms with van der Waals surface area (Å²) in [6.07, 6.45) is -1.76. The Kier molecular flexibility index (Phi) is 4.81. The van der Waals surface area contributed by atoms with Gasteiger partial charge in [-0.05, 0) is 6.07 Å². The smallest absolute Gasteiger partial charge is 0.167 e. The van der Waals surface area contributed by atoms with Crippen molar-refractivity contribution in [2.45, 2.75) is 31.1 Å². The number of rotatable bonds is 5. The number of halogens is 1. The highest BCUT2D eigenvalue weighted by Gasteiger charge is 2.44. The summed E-state index contributed by atoms with van der Waals surface area (Å²) in [6.45, 7) is -0.347. The van der Waals surface area contributed by atoms with Gasteiger partial charge in [0.15, 0.2) is 23.2 Å². The van der Waals surface area contributed by atoms with Gasteiger partial charge in [-0.2, -0.15) is 0 Å². The van der Waals surface area contributed by atoms with Gasteiger partial charge in [-0.1, -0.05) is 6.07 Å². The Balaban J connectivity index is 1.60. The highest BCUT2D eigenvalue weighted by Crippen LogP contribution is 2.32. The van der Waals surface area contributed by atoms with Crippen molar-refractivity contribution in [1.29, 1.82) is 0 Å². The van der Waals surface area contributed by atoms with Crippen LogP contribution < -0.4 is 5.32 Å². The molecule has 148 valence electrons. The third kappa shape index (κ3) is 3.14. The molecule has 0 saturated carbocycles. The first kappa shape index (κ1) is 18.5. The van der Waals surface area contributed by atoms with E-state index in [0.717, 1.165) is 6.07 Å². The van der Waals surface area contributed by atoms with Crippen molar-refractivity contribution in [2.24, 2.45) is 0 Å². The number of aromatic hydroxyl groups is 1. The highest BCUT2D eigenvalue weighted by molar-refractivity contribution is 5.82. The summed E-state index contributed by atoms with van der Waals surface area (Å²) in [7, 11) is 0. The third-order valence-corrected chi connectivity index (χ3v) is 4.63. The van der Waals surface area contributed by atoms with Crippen LogP contribution in [0.1, 0.15) is 11.8 Å². The van der Waals surface area contributed by atoms with E-state index in [-0.39, 0.29) is 12.3 Å². The van der Waals surface area contributed by atoms with Crippen molar-refractivity contribution in [2.75, 3.05) is 11.9 Å². The maximum absolute atomic E-state index is 13.9. The number of anilines is 1. The lowest BCUT2D eigenvalue weighted by atomic mass is 10.1. The van der Waals surface area contributed by atoms with Gasteiger partial charge in [0.05, 0.1) is 12.9 Å². The minimum absolute atomic E-state index is 0.0962. The largest absolute Gasteiger partial charge is 0.508 e. The quantitative estimate of drug-likeness (QED) is 0.402. The maximum atomic E-state index is 13.9. The van der Waals surface area contributed by atoms with Crippen molar-refractivity contribution >= 4 is 17.0 Å². The second-order valence-corrected chi connectivity index (χ2v) is 6.40. The number of aromatic nitrogens is 4. The molecule has 1 aromatic carbocycles. The summed E-state index contributed by atoms with van der Waals surface area (Å²) in [6, 6.07) is 3.85. The summed E-state index contributed by atoms with van der Waals surface area (Å²) in [4.78, 5) is 12.5. The molecule has 1 unspecified atom stereocenters. The standard InChI is InChI=1S/C17H18FN5O5/c18-10-3-9(25)2-1-8(10)4-19-15-12-16(21-6-20-15)23(7-22-12)17-14(27)13(26)11(5-24)28-17/h1-3,6-7,11,13-14,17,24-27H,4-5H2,(H,19,20,21)/t11-,13-,14-,17?/m1/s1. The molecule has 28 heavy (non-hydrogen) atoms. The number of nitrogens with zero attached hydrogens (tertiary/aromatic N) is 4. The molecular formula is C17H18FN5O5. The first-order valence-electron chi connectivity index (χ1n) is 8.51. The molecule has 10 nitrogen and oxygen atoms in total. The van der Waals surface area contributed by atoms with Gasteiger partial charge in [-0.25, -0.2) is 19.3 Å². The summed E-state index contributed by atoms with van der Waals surface area (Å²) in [5, 5.41) is 41.6. The number of hydrogen-bond donors (Lipinski definition) is 5. The maximum Gasteiger partial charge on any atom is 0.167 e. The Morgan fingerprint density at radius 3 is 2.71 bits per heavy atom. The highest BCUT2D eigenvalue weighted by atomic mass is 19.1. The molecule has 3 heterocycles. The van der Waals surface area contributed by atoms with E-state index in [9.17, 15) is 24.8 Å². The zero-order valence-electron chi connectivity index (χ0n) is 14.5. The second kappa shape index (κ2) is 7.28. The molecule has 2 aromatic heterocycles. The summed E-state index contributed by atoms with van der Waals surface area (Å²) in [5.74, 6) is -0.388. The van der Waals surface area contributed by atoms with Crippen LogP contribution >= 0.6 is 0 Å². The number of imidazole rings is 1. The number of aliphatic hydroxyl groups excluding tert-OH is 3. The zero-order chi connectivity index (χ0) is 19.8. The number of ether oxygens (including phenoxy) is 1. The Morgan fingerprint density at radius 1 is 1.18 bits per heavy atom. The van der Waals surface area contributed by atoms with Gasteiger partial charge in [-0.15, -0.1) is 0 Å². The first-order chi connectivity index (χ1) is 13.5. The number of benzene rings is 1. The monoisotopic (exact) mass is 391 g/mol. The molecule has 4 rings (SSSR count). The van der Waals surface area contributed by atoms with Crippen molar-refractivity contribution in [3.8, 4) is 5.75 Å². The van der Waals surface area contributed by atoms with Crippen molar-refractivity contribution in [3.63, 3.8) is 0 Å². The topological polar surface area (TPSA) is 146 Å². The van der Waals surface area contributed by atoms with Crippen LogP contribution in [-0.4, -0.2) is 64.9 Å². The van der Waals surface area contributed by atoms with E-state index in [4.69, 9.17) is 4.74 Å². The van der Waals surface area contributed by atoms with Gasteiger partial charge in [0.25, 0.3) is 0 Å². The minimum Gasteiger partial charge on any atom is -0.508 e. The molecule has 1 aliphatic rings. The fraction of sp³-hybridized carbons (Fsp3) is 0.353. The van der Waals surface area contributed by atoms with Crippen LogP contribution in [0.2, 0.25) is 0 Å². The minimum atomic E-state index is -1.27. The van der Waals surface area contributed by atoms with Crippen molar-refractivity contribution < 1.29 is 29.6 Å². The van der Waals surface area contributed by atoms with Crippen LogP contribution in [0.25, 0.3) is 11.2 Å². The van der Waals surface area contributed by atoms with Crippen molar-refractivity contribution in [3.05, 3.63) is 42.2 Å². The molecule has 0 aliphatic carbocycles. The Labute approximate surface area is 157 Å². The van der Waals surface area contributed by atoms with E-state index in [1.54, 1.807) is 0 Å². The second-order valence-electron chi connectivity index (χ2n) is 6.40. The average Bonchev–Trinajstić information content (AvgIpc) is 3.23. The Hall–Kier alpha value is -2.86. The summed E-state index contributed by atoms with van der Waals surface area (Å²) >= 11 is 0. The number of fused-ring (bicyclic) bond motifs is 1. The fourth-order valence-electron chi connectivity index (χ4n) is 3.14. The predicted octanol–water partition coefficient (Wildman–Crippen LogP) is -0.105. The van der Waals surface area contributed by atoms with E-state index >= 15 is 0 Å².